The number of nitrogens with zero attached hydrogens (tertiary/aromatic N) is 2. The van der Waals surface area contributed by atoms with Gasteiger partial charge in [-0.3, -0.25) is 14.5 Å². The van der Waals surface area contributed by atoms with Gasteiger partial charge in [0.2, 0.25) is 5.91 Å². The maximum Gasteiger partial charge on any atom is 0.416 e. The molecule has 1 aliphatic carbocycles. The van der Waals surface area contributed by atoms with Crippen molar-refractivity contribution in [2.75, 3.05) is 37.6 Å². The first-order valence-electron chi connectivity index (χ1n) is 12.9. The van der Waals surface area contributed by atoms with Crippen molar-refractivity contribution in [2.45, 2.75) is 49.2 Å². The molecule has 0 radical (unpaired) electrons. The molecule has 2 heterocycles. The molecule has 3 aliphatic rings. The normalized spacial score (nSPS) is 20.8. The summed E-state index contributed by atoms with van der Waals surface area (Å²) in [6, 6.07) is 12.8. The van der Waals surface area contributed by atoms with Gasteiger partial charge in [0.15, 0.2) is 0 Å². The van der Waals surface area contributed by atoms with Gasteiger partial charge in [0.1, 0.15) is 6.54 Å². The Morgan fingerprint density at radius 1 is 1.00 bits per heavy atom. The maximum absolute atomic E-state index is 13.5. The van der Waals surface area contributed by atoms with E-state index in [0.29, 0.717) is 35.3 Å². The van der Waals surface area contributed by atoms with Crippen LogP contribution in [0.2, 0.25) is 0 Å². The molecule has 9 heteroatoms. The second kappa shape index (κ2) is 10.9. The van der Waals surface area contributed by atoms with Gasteiger partial charge in [-0.15, -0.1) is 0 Å². The van der Waals surface area contributed by atoms with Gasteiger partial charge in [-0.25, -0.2) is 0 Å². The van der Waals surface area contributed by atoms with Crippen LogP contribution in [0, 0.1) is 0 Å². The van der Waals surface area contributed by atoms with Crippen molar-refractivity contribution in [3.8, 4) is 0 Å². The van der Waals surface area contributed by atoms with E-state index >= 15 is 0 Å². The highest BCUT2D eigenvalue weighted by Crippen LogP contribution is 2.42. The number of hydrogen-bond acceptors (Lipinski definition) is 3. The number of halogens is 3. The van der Waals surface area contributed by atoms with E-state index in [4.69, 9.17) is 0 Å². The quantitative estimate of drug-likeness (QED) is 0.602. The van der Waals surface area contributed by atoms with Gasteiger partial charge in [0.05, 0.1) is 48.4 Å². The molecule has 2 aliphatic heterocycles. The molecule has 2 aromatic carbocycles. The van der Waals surface area contributed by atoms with E-state index in [1.165, 1.54) is 60.9 Å². The molecule has 0 spiro atoms. The highest BCUT2D eigenvalue weighted by molar-refractivity contribution is 8.04. The van der Waals surface area contributed by atoms with E-state index in [0.717, 1.165) is 30.1 Å². The van der Waals surface area contributed by atoms with Crippen LogP contribution in [0.15, 0.2) is 58.3 Å². The summed E-state index contributed by atoms with van der Waals surface area (Å²) in [6.07, 6.45) is 3.64. The molecule has 2 aromatic rings. The molecule has 0 atom stereocenters. The lowest BCUT2D eigenvalue weighted by Gasteiger charge is -2.39. The van der Waals surface area contributed by atoms with Gasteiger partial charge >= 0.3 is 6.18 Å². The second-order valence-corrected chi connectivity index (χ2v) is 11.0. The fourth-order valence-corrected chi connectivity index (χ4v) is 6.60. The van der Waals surface area contributed by atoms with Crippen molar-refractivity contribution in [1.82, 2.24) is 4.90 Å². The van der Waals surface area contributed by atoms with Gasteiger partial charge in [-0.05, 0) is 61.6 Å². The molecule has 1 saturated carbocycles. The Hall–Kier alpha value is -2.78. The Kier molecular flexibility index (Phi) is 7.62. The number of thioether (sulfide) groups is 1. The average molecular weight is 531 g/mol. The first-order valence-corrected chi connectivity index (χ1v) is 13.7. The Balaban J connectivity index is 1.30. The Bertz CT molecular complexity index is 1170. The number of quaternary nitrogens is 1. The van der Waals surface area contributed by atoms with Gasteiger partial charge in [0.25, 0.3) is 5.91 Å². The number of nitrogens with one attached hydrogen (secondary N) is 1. The summed E-state index contributed by atoms with van der Waals surface area (Å²) in [7, 11) is 0. The first-order chi connectivity index (χ1) is 17.8. The van der Waals surface area contributed by atoms with Crippen molar-refractivity contribution in [3.63, 3.8) is 0 Å². The smallest absolute Gasteiger partial charge is 0.330 e. The van der Waals surface area contributed by atoms with Crippen LogP contribution in [0.3, 0.4) is 0 Å². The number of benzene rings is 2. The van der Waals surface area contributed by atoms with Gasteiger partial charge < -0.3 is 9.80 Å². The third-order valence-electron chi connectivity index (χ3n) is 7.60. The molecular weight excluding hydrogens is 499 g/mol. The van der Waals surface area contributed by atoms with Crippen molar-refractivity contribution in [1.29, 1.82) is 0 Å². The van der Waals surface area contributed by atoms with Crippen LogP contribution in [-0.2, 0) is 15.8 Å². The molecule has 0 aromatic heterocycles. The lowest BCUT2D eigenvalue weighted by atomic mass is 9.94. The van der Waals surface area contributed by atoms with Crippen LogP contribution in [0.25, 0.3) is 6.08 Å². The zero-order chi connectivity index (χ0) is 26.0. The summed E-state index contributed by atoms with van der Waals surface area (Å²) < 4.78 is 38.8. The third-order valence-corrected chi connectivity index (χ3v) is 8.68. The molecule has 0 bridgehead atoms. The molecule has 1 N–H and O–H groups in total. The van der Waals surface area contributed by atoms with E-state index in [-0.39, 0.29) is 18.4 Å². The number of fused-ring (bicyclic) bond motifs is 1. The van der Waals surface area contributed by atoms with Crippen molar-refractivity contribution < 1.29 is 27.7 Å². The Morgan fingerprint density at radius 3 is 2.35 bits per heavy atom. The average Bonchev–Trinajstić information content (AvgIpc) is 2.91. The van der Waals surface area contributed by atoms with Crippen molar-refractivity contribution >= 4 is 35.3 Å². The zero-order valence-electron chi connectivity index (χ0n) is 20.6. The molecule has 5 rings (SSSR count). The van der Waals surface area contributed by atoms with Crippen LogP contribution < -0.4 is 9.80 Å². The number of piperazine rings is 1. The molecule has 5 nitrogen and oxygen atoms in total. The highest BCUT2D eigenvalue weighted by Gasteiger charge is 2.35. The van der Waals surface area contributed by atoms with E-state index in [1.807, 2.05) is 29.2 Å². The summed E-state index contributed by atoms with van der Waals surface area (Å²) in [5, 5.41) is 0. The van der Waals surface area contributed by atoms with Gasteiger partial charge in [-0.1, -0.05) is 42.4 Å². The monoisotopic (exact) mass is 530 g/mol. The fraction of sp³-hybridized carbons (Fsp3) is 0.429. The molecule has 0 unspecified atom stereocenters. The summed E-state index contributed by atoms with van der Waals surface area (Å²) in [6.45, 7) is 3.21. The number of rotatable bonds is 4. The maximum atomic E-state index is 13.5. The Morgan fingerprint density at radius 2 is 1.68 bits per heavy atom. The lowest BCUT2D eigenvalue weighted by molar-refractivity contribution is -0.930. The van der Waals surface area contributed by atoms with Crippen LogP contribution in [-0.4, -0.2) is 55.5 Å². The summed E-state index contributed by atoms with van der Waals surface area (Å²) in [4.78, 5) is 32.9. The van der Waals surface area contributed by atoms with Crippen LogP contribution in [0.1, 0.15) is 43.2 Å². The summed E-state index contributed by atoms with van der Waals surface area (Å²) in [5.41, 5.74) is 0.443. The highest BCUT2D eigenvalue weighted by atomic mass is 32.2. The van der Waals surface area contributed by atoms with Gasteiger partial charge in [0, 0.05) is 4.90 Å². The largest absolute Gasteiger partial charge is 0.416 e. The zero-order valence-corrected chi connectivity index (χ0v) is 21.4. The fourth-order valence-electron chi connectivity index (χ4n) is 5.54. The SMILES string of the molecule is O=C(CN1C(=O)C(=Cc2ccc(C(F)(F)F)cc2)Sc2ccccc21)N1CC[NH+](C2CCCCC2)CC1. The van der Waals surface area contributed by atoms with Crippen LogP contribution >= 0.6 is 11.8 Å². The minimum Gasteiger partial charge on any atom is -0.330 e. The summed E-state index contributed by atoms with van der Waals surface area (Å²) >= 11 is 1.27. The van der Waals surface area contributed by atoms with E-state index < -0.39 is 11.7 Å². The predicted octanol–water partition coefficient (Wildman–Crippen LogP) is 4.25. The standard InChI is InChI=1S/C28H30F3N3O2S/c29-28(30,31)21-12-10-20(11-13-21)18-25-27(36)34(23-8-4-5-9-24(23)37-25)19-26(35)33-16-14-32(15-17-33)22-6-2-1-3-7-22/h4-5,8-13,18,22H,1-3,6-7,14-17,19H2/p+1. The van der Waals surface area contributed by atoms with E-state index in [9.17, 15) is 22.8 Å². The summed E-state index contributed by atoms with van der Waals surface area (Å²) in [5.74, 6) is -0.393. The number of para-hydroxylation sites is 1. The van der Waals surface area contributed by atoms with E-state index in [2.05, 4.69) is 0 Å². The number of amides is 2. The second-order valence-electron chi connectivity index (χ2n) is 9.96. The predicted molar refractivity (Wildman–Crippen MR) is 138 cm³/mol. The molecule has 2 fully saturated rings. The molecule has 37 heavy (non-hydrogen) atoms. The minimum atomic E-state index is -4.42. The topological polar surface area (TPSA) is 45.1 Å². The number of alkyl halides is 3. The first kappa shape index (κ1) is 25.9. The third kappa shape index (κ3) is 5.88. The van der Waals surface area contributed by atoms with Crippen LogP contribution in [0.4, 0.5) is 18.9 Å². The molecule has 196 valence electrons. The number of anilines is 1. The minimum absolute atomic E-state index is 0.0560. The van der Waals surface area contributed by atoms with E-state index in [1.54, 1.807) is 11.0 Å². The van der Waals surface area contributed by atoms with Crippen molar-refractivity contribution in [3.05, 3.63) is 64.6 Å². The number of carbonyl (C=O) groups is 2. The Labute approximate surface area is 219 Å². The number of carbonyl (C=O) groups excluding carboxylic acids is 2. The van der Waals surface area contributed by atoms with Gasteiger partial charge in [-0.2, -0.15) is 13.2 Å². The molecular formula is C28H31F3N3O2S+. The molecule has 2 amide bonds. The molecule has 1 saturated heterocycles. The lowest BCUT2D eigenvalue weighted by Crippen LogP contribution is -3.18. The van der Waals surface area contributed by atoms with Crippen LogP contribution in [0.5, 0.6) is 0 Å². The number of hydrogen-bond donors (Lipinski definition) is 1. The van der Waals surface area contributed by atoms with Crippen molar-refractivity contribution in [2.24, 2.45) is 0 Å².